The van der Waals surface area contributed by atoms with Gasteiger partial charge in [-0.3, -0.25) is 9.88 Å². The van der Waals surface area contributed by atoms with Gasteiger partial charge in [0.05, 0.1) is 6.20 Å². The first-order chi connectivity index (χ1) is 10.2. The molecule has 6 nitrogen and oxygen atoms in total. The molecule has 110 valence electrons. The average Bonchev–Trinajstić information content (AvgIpc) is 2.95. The summed E-state index contributed by atoms with van der Waals surface area (Å²) in [6.45, 7) is 6.04. The molecule has 1 fully saturated rings. The zero-order valence-electron chi connectivity index (χ0n) is 12.1. The Balaban J connectivity index is 1.54. The van der Waals surface area contributed by atoms with E-state index < -0.39 is 0 Å². The molecule has 6 heteroatoms. The first-order valence-electron chi connectivity index (χ1n) is 7.14. The Morgan fingerprint density at radius 3 is 2.67 bits per heavy atom. The maximum atomic E-state index is 12.3. The number of aryl methyl sites for hydroxylation is 1. The van der Waals surface area contributed by atoms with Crippen LogP contribution in [0.1, 0.15) is 11.1 Å². The summed E-state index contributed by atoms with van der Waals surface area (Å²) in [6.07, 6.45) is 7.15. The van der Waals surface area contributed by atoms with Crippen LogP contribution in [0.2, 0.25) is 0 Å². The van der Waals surface area contributed by atoms with E-state index in [1.54, 1.807) is 18.6 Å². The van der Waals surface area contributed by atoms with Gasteiger partial charge < -0.3 is 4.90 Å². The molecule has 3 heterocycles. The second-order valence-electron chi connectivity index (χ2n) is 5.37. The third kappa shape index (κ3) is 3.28. The fraction of sp³-hybridized carbons (Fsp3) is 0.400. The summed E-state index contributed by atoms with van der Waals surface area (Å²) in [5.41, 5.74) is 2.21. The van der Waals surface area contributed by atoms with Gasteiger partial charge >= 0.3 is 6.03 Å². The Morgan fingerprint density at radius 1 is 1.24 bits per heavy atom. The van der Waals surface area contributed by atoms with Crippen molar-refractivity contribution in [2.45, 2.75) is 13.5 Å². The Hall–Kier alpha value is -2.21. The van der Waals surface area contributed by atoms with Crippen molar-refractivity contribution in [1.29, 1.82) is 0 Å². The van der Waals surface area contributed by atoms with E-state index in [1.807, 2.05) is 24.1 Å². The van der Waals surface area contributed by atoms with Gasteiger partial charge in [-0.25, -0.2) is 4.79 Å². The summed E-state index contributed by atoms with van der Waals surface area (Å²) in [6, 6.07) is 4.00. The molecule has 0 aromatic carbocycles. The molecule has 0 saturated carbocycles. The minimum Gasteiger partial charge on any atom is -0.320 e. The van der Waals surface area contributed by atoms with Crippen LogP contribution in [-0.2, 0) is 6.54 Å². The van der Waals surface area contributed by atoms with E-state index >= 15 is 0 Å². The van der Waals surface area contributed by atoms with E-state index in [0.717, 1.165) is 38.3 Å². The molecule has 0 unspecified atom stereocenters. The lowest BCUT2D eigenvalue weighted by molar-refractivity contribution is 0.134. The third-order valence-electron chi connectivity index (χ3n) is 3.68. The van der Waals surface area contributed by atoms with Crippen LogP contribution >= 0.6 is 0 Å². The highest BCUT2D eigenvalue weighted by Crippen LogP contribution is 2.09. The van der Waals surface area contributed by atoms with Crippen LogP contribution in [0.5, 0.6) is 0 Å². The fourth-order valence-electron chi connectivity index (χ4n) is 2.51. The number of piperazine rings is 1. The van der Waals surface area contributed by atoms with Gasteiger partial charge in [0.1, 0.15) is 0 Å². The SMILES string of the molecule is Cc1cnn(C(=O)N2CCN(Cc3cccnc3)CC2)c1. The van der Waals surface area contributed by atoms with Crippen molar-refractivity contribution >= 4 is 6.03 Å². The summed E-state index contributed by atoms with van der Waals surface area (Å²) in [5, 5.41) is 4.08. The van der Waals surface area contributed by atoms with Crippen LogP contribution in [0.25, 0.3) is 0 Å². The van der Waals surface area contributed by atoms with Crippen LogP contribution in [0.15, 0.2) is 36.9 Å². The van der Waals surface area contributed by atoms with Crippen molar-refractivity contribution in [2.24, 2.45) is 0 Å². The predicted molar refractivity (Wildman–Crippen MR) is 78.8 cm³/mol. The van der Waals surface area contributed by atoms with Gasteiger partial charge in [-0.05, 0) is 24.1 Å². The van der Waals surface area contributed by atoms with Crippen molar-refractivity contribution < 1.29 is 4.79 Å². The summed E-state index contributed by atoms with van der Waals surface area (Å²) in [5.74, 6) is 0. The molecule has 0 aliphatic carbocycles. The summed E-state index contributed by atoms with van der Waals surface area (Å²) in [4.78, 5) is 20.6. The molecule has 2 aromatic heterocycles. The standard InChI is InChI=1S/C15H19N5O/c1-13-9-17-20(11-13)15(21)19-7-5-18(6-8-19)12-14-3-2-4-16-10-14/h2-4,9-11H,5-8,12H2,1H3. The third-order valence-corrected chi connectivity index (χ3v) is 3.68. The number of hydrogen-bond acceptors (Lipinski definition) is 4. The van der Waals surface area contributed by atoms with Gasteiger partial charge in [0.25, 0.3) is 0 Å². The minimum atomic E-state index is -0.0378. The molecule has 0 bridgehead atoms. The number of aromatic nitrogens is 3. The van der Waals surface area contributed by atoms with E-state index in [-0.39, 0.29) is 6.03 Å². The Kier molecular flexibility index (Phi) is 3.96. The first-order valence-corrected chi connectivity index (χ1v) is 7.14. The van der Waals surface area contributed by atoms with Gasteiger partial charge in [-0.2, -0.15) is 9.78 Å². The highest BCUT2D eigenvalue weighted by molar-refractivity contribution is 5.76. The van der Waals surface area contributed by atoms with E-state index in [1.165, 1.54) is 10.2 Å². The monoisotopic (exact) mass is 285 g/mol. The summed E-state index contributed by atoms with van der Waals surface area (Å²) < 4.78 is 1.42. The maximum absolute atomic E-state index is 12.3. The molecule has 1 aliphatic rings. The predicted octanol–water partition coefficient (Wildman–Crippen LogP) is 1.37. The zero-order chi connectivity index (χ0) is 14.7. The van der Waals surface area contributed by atoms with Gasteiger partial charge in [-0.1, -0.05) is 6.07 Å². The van der Waals surface area contributed by atoms with E-state index in [4.69, 9.17) is 0 Å². The van der Waals surface area contributed by atoms with Crippen molar-refractivity contribution in [3.05, 3.63) is 48.0 Å². The van der Waals surface area contributed by atoms with E-state index in [9.17, 15) is 4.79 Å². The second-order valence-corrected chi connectivity index (χ2v) is 5.37. The quantitative estimate of drug-likeness (QED) is 0.836. The van der Waals surface area contributed by atoms with E-state index in [2.05, 4.69) is 21.0 Å². The number of carbonyl (C=O) groups excluding carboxylic acids is 1. The molecule has 0 radical (unpaired) electrons. The average molecular weight is 285 g/mol. The first kappa shape index (κ1) is 13.8. The van der Waals surface area contributed by atoms with Gasteiger partial charge in [0, 0.05) is 51.3 Å². The molecule has 1 saturated heterocycles. The molecule has 3 rings (SSSR count). The van der Waals surface area contributed by atoms with Crippen LogP contribution < -0.4 is 0 Å². The Labute approximate surface area is 124 Å². The van der Waals surface area contributed by atoms with Gasteiger partial charge in [-0.15, -0.1) is 0 Å². The Morgan fingerprint density at radius 2 is 2.05 bits per heavy atom. The number of amides is 1. The Bertz CT molecular complexity index is 602. The molecule has 0 N–H and O–H groups in total. The summed E-state index contributed by atoms with van der Waals surface area (Å²) >= 11 is 0. The van der Waals surface area contributed by atoms with Crippen molar-refractivity contribution in [1.82, 2.24) is 24.6 Å². The molecule has 2 aromatic rings. The van der Waals surface area contributed by atoms with Crippen LogP contribution in [0, 0.1) is 6.92 Å². The molecular formula is C15H19N5O. The highest BCUT2D eigenvalue weighted by atomic mass is 16.2. The lowest BCUT2D eigenvalue weighted by atomic mass is 10.2. The van der Waals surface area contributed by atoms with Crippen molar-refractivity contribution in [2.75, 3.05) is 26.2 Å². The van der Waals surface area contributed by atoms with Crippen molar-refractivity contribution in [3.63, 3.8) is 0 Å². The molecule has 0 atom stereocenters. The molecule has 21 heavy (non-hydrogen) atoms. The number of pyridine rings is 1. The fourth-order valence-corrected chi connectivity index (χ4v) is 2.51. The lowest BCUT2D eigenvalue weighted by Crippen LogP contribution is -2.49. The smallest absolute Gasteiger partial charge is 0.320 e. The van der Waals surface area contributed by atoms with Crippen molar-refractivity contribution in [3.8, 4) is 0 Å². The van der Waals surface area contributed by atoms with Gasteiger partial charge in [0.15, 0.2) is 0 Å². The van der Waals surface area contributed by atoms with Crippen LogP contribution in [-0.4, -0.2) is 56.8 Å². The molecule has 1 amide bonds. The van der Waals surface area contributed by atoms with Crippen LogP contribution in [0.3, 0.4) is 0 Å². The minimum absolute atomic E-state index is 0.0378. The number of hydrogen-bond donors (Lipinski definition) is 0. The summed E-state index contributed by atoms with van der Waals surface area (Å²) in [7, 11) is 0. The number of carbonyl (C=O) groups is 1. The molecule has 0 spiro atoms. The molecule has 1 aliphatic heterocycles. The topological polar surface area (TPSA) is 54.3 Å². The maximum Gasteiger partial charge on any atom is 0.344 e. The lowest BCUT2D eigenvalue weighted by Gasteiger charge is -2.34. The normalized spacial score (nSPS) is 16.1. The largest absolute Gasteiger partial charge is 0.344 e. The molecular weight excluding hydrogens is 266 g/mol. The number of nitrogens with zero attached hydrogens (tertiary/aromatic N) is 5. The van der Waals surface area contributed by atoms with E-state index in [0.29, 0.717) is 0 Å². The zero-order valence-corrected chi connectivity index (χ0v) is 12.1. The second kappa shape index (κ2) is 6.05. The number of rotatable bonds is 2. The van der Waals surface area contributed by atoms with Crippen LogP contribution in [0.4, 0.5) is 4.79 Å². The highest BCUT2D eigenvalue weighted by Gasteiger charge is 2.22. The van der Waals surface area contributed by atoms with Gasteiger partial charge in [0.2, 0.25) is 0 Å².